The van der Waals surface area contributed by atoms with E-state index in [-0.39, 0.29) is 5.69 Å². The number of carboxylic acid groups (broad SMARTS) is 2. The van der Waals surface area contributed by atoms with Crippen LogP contribution in [0.15, 0.2) is 30.3 Å². The molecule has 0 aliphatic carbocycles. The molecule has 0 aliphatic heterocycles. The van der Waals surface area contributed by atoms with Crippen LogP contribution < -0.4 is 10.4 Å². The Kier molecular flexibility index (Phi) is 2.90. The molecule has 14 heavy (non-hydrogen) atoms. The molecule has 0 saturated heterocycles. The number of anilines is 1. The maximum atomic E-state index is 10.6. The average molecular weight is 196 g/mol. The second-order valence-electron chi connectivity index (χ2n) is 2.37. The quantitative estimate of drug-likeness (QED) is 0.591. The molecule has 0 atom stereocenters. The van der Waals surface area contributed by atoms with Gasteiger partial charge in [0.2, 0.25) is 0 Å². The molecule has 0 heterocycles. The van der Waals surface area contributed by atoms with Gasteiger partial charge in [-0.25, -0.2) is 15.0 Å². The zero-order valence-electron chi connectivity index (χ0n) is 7.04. The van der Waals surface area contributed by atoms with Gasteiger partial charge in [-0.3, -0.25) is 0 Å². The molecule has 0 unspecified atom stereocenters. The van der Waals surface area contributed by atoms with Crippen molar-refractivity contribution in [3.05, 3.63) is 30.3 Å². The first-order chi connectivity index (χ1) is 6.61. The molecular formula is C8H8N2O4. The van der Waals surface area contributed by atoms with E-state index in [0.29, 0.717) is 5.01 Å². The van der Waals surface area contributed by atoms with Crippen LogP contribution in [0.3, 0.4) is 0 Å². The molecule has 6 heteroatoms. The molecule has 0 saturated carbocycles. The number of benzene rings is 1. The van der Waals surface area contributed by atoms with Gasteiger partial charge in [0.15, 0.2) is 0 Å². The monoisotopic (exact) mass is 196 g/mol. The number of nitrogens with zero attached hydrogens (tertiary/aromatic N) is 1. The first-order valence-electron chi connectivity index (χ1n) is 3.69. The summed E-state index contributed by atoms with van der Waals surface area (Å²) in [7, 11) is 0. The van der Waals surface area contributed by atoms with Crippen molar-refractivity contribution in [1.29, 1.82) is 0 Å². The molecular weight excluding hydrogens is 188 g/mol. The lowest BCUT2D eigenvalue weighted by Gasteiger charge is -2.17. The van der Waals surface area contributed by atoms with E-state index in [1.54, 1.807) is 23.6 Å². The van der Waals surface area contributed by atoms with Crippen LogP contribution in [0.4, 0.5) is 15.3 Å². The van der Waals surface area contributed by atoms with E-state index in [9.17, 15) is 9.59 Å². The number of hydrazine groups is 1. The summed E-state index contributed by atoms with van der Waals surface area (Å²) in [4.78, 5) is 20.9. The number of para-hydroxylation sites is 1. The summed E-state index contributed by atoms with van der Waals surface area (Å²) < 4.78 is 0. The van der Waals surface area contributed by atoms with Crippen molar-refractivity contribution in [1.82, 2.24) is 5.43 Å². The van der Waals surface area contributed by atoms with Crippen LogP contribution in [0.5, 0.6) is 0 Å². The largest absolute Gasteiger partial charge is 0.464 e. The number of carbonyl (C=O) groups is 2. The van der Waals surface area contributed by atoms with E-state index in [1.807, 2.05) is 0 Å². The predicted molar refractivity (Wildman–Crippen MR) is 48.1 cm³/mol. The zero-order chi connectivity index (χ0) is 10.6. The highest BCUT2D eigenvalue weighted by molar-refractivity contribution is 5.88. The van der Waals surface area contributed by atoms with Gasteiger partial charge >= 0.3 is 12.2 Å². The second-order valence-corrected chi connectivity index (χ2v) is 2.37. The van der Waals surface area contributed by atoms with E-state index in [1.165, 1.54) is 12.1 Å². The van der Waals surface area contributed by atoms with Gasteiger partial charge in [-0.15, -0.1) is 0 Å². The normalized spacial score (nSPS) is 9.14. The Morgan fingerprint density at radius 1 is 1.14 bits per heavy atom. The van der Waals surface area contributed by atoms with Crippen LogP contribution in [0.25, 0.3) is 0 Å². The summed E-state index contributed by atoms with van der Waals surface area (Å²) in [5, 5.41) is 17.6. The molecule has 0 aliphatic rings. The smallest absolute Gasteiger partial charge is 0.431 e. The number of hydrogen-bond acceptors (Lipinski definition) is 2. The summed E-state index contributed by atoms with van der Waals surface area (Å²) in [5.74, 6) is 0. The zero-order valence-corrected chi connectivity index (χ0v) is 7.04. The van der Waals surface area contributed by atoms with Crippen LogP contribution in [0, 0.1) is 0 Å². The van der Waals surface area contributed by atoms with Gasteiger partial charge in [0, 0.05) is 0 Å². The van der Waals surface area contributed by atoms with E-state index in [0.717, 1.165) is 0 Å². The molecule has 0 fully saturated rings. The first-order valence-corrected chi connectivity index (χ1v) is 3.69. The van der Waals surface area contributed by atoms with Gasteiger partial charge in [-0.2, -0.15) is 5.01 Å². The van der Waals surface area contributed by atoms with Crippen molar-refractivity contribution >= 4 is 17.9 Å². The molecule has 0 bridgehead atoms. The van der Waals surface area contributed by atoms with Crippen LogP contribution in [-0.2, 0) is 0 Å². The summed E-state index contributed by atoms with van der Waals surface area (Å²) in [6.45, 7) is 0. The van der Waals surface area contributed by atoms with Gasteiger partial charge in [0.05, 0.1) is 5.69 Å². The van der Waals surface area contributed by atoms with Crippen molar-refractivity contribution < 1.29 is 19.8 Å². The minimum atomic E-state index is -1.43. The van der Waals surface area contributed by atoms with Crippen molar-refractivity contribution in [2.45, 2.75) is 0 Å². The SMILES string of the molecule is O=C(O)NN(C(=O)O)c1ccccc1. The lowest BCUT2D eigenvalue weighted by molar-refractivity contribution is 0.181. The third-order valence-electron chi connectivity index (χ3n) is 1.41. The summed E-state index contributed by atoms with van der Waals surface area (Å²) in [6.07, 6.45) is -2.82. The lowest BCUT2D eigenvalue weighted by Crippen LogP contribution is -2.45. The minimum Gasteiger partial charge on any atom is -0.464 e. The molecule has 0 aromatic heterocycles. The van der Waals surface area contributed by atoms with Crippen molar-refractivity contribution in [2.75, 3.05) is 5.01 Å². The van der Waals surface area contributed by atoms with Gasteiger partial charge < -0.3 is 10.2 Å². The molecule has 0 spiro atoms. The van der Waals surface area contributed by atoms with Crippen LogP contribution in [0.1, 0.15) is 0 Å². The van der Waals surface area contributed by atoms with Gasteiger partial charge in [-0.05, 0) is 12.1 Å². The maximum Gasteiger partial charge on any atom is 0.431 e. The van der Waals surface area contributed by atoms with Crippen molar-refractivity contribution in [3.63, 3.8) is 0 Å². The maximum absolute atomic E-state index is 10.6. The Hall–Kier alpha value is -2.24. The Bertz CT molecular complexity index is 338. The van der Waals surface area contributed by atoms with E-state index in [4.69, 9.17) is 10.2 Å². The number of nitrogens with one attached hydrogen (secondary N) is 1. The van der Waals surface area contributed by atoms with Gasteiger partial charge in [0.1, 0.15) is 0 Å². The fourth-order valence-electron chi connectivity index (χ4n) is 0.896. The molecule has 2 amide bonds. The molecule has 1 rings (SSSR count). The summed E-state index contributed by atoms with van der Waals surface area (Å²) in [5.41, 5.74) is 1.98. The summed E-state index contributed by atoms with van der Waals surface area (Å²) in [6, 6.07) is 7.86. The highest BCUT2D eigenvalue weighted by Gasteiger charge is 2.15. The average Bonchev–Trinajstić information content (AvgIpc) is 2.15. The molecule has 74 valence electrons. The third-order valence-corrected chi connectivity index (χ3v) is 1.41. The summed E-state index contributed by atoms with van der Waals surface area (Å²) >= 11 is 0. The fraction of sp³-hybridized carbons (Fsp3) is 0. The van der Waals surface area contributed by atoms with Crippen molar-refractivity contribution in [3.8, 4) is 0 Å². The number of hydrogen-bond donors (Lipinski definition) is 3. The lowest BCUT2D eigenvalue weighted by atomic mass is 10.3. The topological polar surface area (TPSA) is 89.9 Å². The molecule has 1 aromatic carbocycles. The molecule has 3 N–H and O–H groups in total. The molecule has 0 radical (unpaired) electrons. The van der Waals surface area contributed by atoms with Crippen molar-refractivity contribution in [2.24, 2.45) is 0 Å². The fourth-order valence-corrected chi connectivity index (χ4v) is 0.896. The minimum absolute atomic E-state index is 0.238. The Labute approximate surface area is 79.4 Å². The standard InChI is InChI=1S/C8H8N2O4/c11-7(12)9-10(8(13)14)6-4-2-1-3-5-6/h1-5,9H,(H,11,12)(H,13,14). The van der Waals surface area contributed by atoms with Gasteiger partial charge in [-0.1, -0.05) is 18.2 Å². The van der Waals surface area contributed by atoms with E-state index < -0.39 is 12.2 Å². The Morgan fingerprint density at radius 3 is 2.14 bits per heavy atom. The number of rotatable bonds is 1. The highest BCUT2D eigenvalue weighted by Crippen LogP contribution is 2.10. The Morgan fingerprint density at radius 2 is 1.71 bits per heavy atom. The van der Waals surface area contributed by atoms with Crippen LogP contribution in [-0.4, -0.2) is 22.4 Å². The van der Waals surface area contributed by atoms with E-state index >= 15 is 0 Å². The molecule has 6 nitrogen and oxygen atoms in total. The Balaban J connectivity index is 2.89. The third kappa shape index (κ3) is 2.37. The van der Waals surface area contributed by atoms with E-state index in [2.05, 4.69) is 0 Å². The second kappa shape index (κ2) is 4.13. The van der Waals surface area contributed by atoms with Crippen LogP contribution >= 0.6 is 0 Å². The predicted octanol–water partition coefficient (Wildman–Crippen LogP) is 1.35. The number of amides is 2. The molecule has 1 aromatic rings. The first kappa shape index (κ1) is 9.85. The van der Waals surface area contributed by atoms with Gasteiger partial charge in [0.25, 0.3) is 0 Å². The van der Waals surface area contributed by atoms with Crippen LogP contribution in [0.2, 0.25) is 0 Å². The highest BCUT2D eigenvalue weighted by atomic mass is 16.4.